The van der Waals surface area contributed by atoms with Crippen LogP contribution in [0, 0.1) is 35.2 Å². The van der Waals surface area contributed by atoms with E-state index in [2.05, 4.69) is 43.0 Å². The van der Waals surface area contributed by atoms with Crippen molar-refractivity contribution in [3.63, 3.8) is 0 Å². The average molecular weight is 479 g/mol. The SMILES string of the molecule is C=CC1CCC(C2CCC(c3ccc(C4=CCC(c5cc(F)c(F)c(F)c5)CC4)cc3)CC2)CC1. The summed E-state index contributed by atoms with van der Waals surface area (Å²) in [5, 5.41) is 0. The van der Waals surface area contributed by atoms with Gasteiger partial charge in [0.15, 0.2) is 17.5 Å². The Kier molecular flexibility index (Phi) is 7.51. The van der Waals surface area contributed by atoms with E-state index in [0.717, 1.165) is 49.1 Å². The summed E-state index contributed by atoms with van der Waals surface area (Å²) in [5.74, 6) is -0.272. The Morgan fingerprint density at radius 3 is 1.83 bits per heavy atom. The van der Waals surface area contributed by atoms with Crippen LogP contribution in [0.3, 0.4) is 0 Å². The van der Waals surface area contributed by atoms with E-state index in [-0.39, 0.29) is 5.92 Å². The molecule has 35 heavy (non-hydrogen) atoms. The van der Waals surface area contributed by atoms with E-state index in [1.54, 1.807) is 0 Å². The molecule has 0 spiro atoms. The molecule has 0 aromatic heterocycles. The molecule has 0 radical (unpaired) electrons. The van der Waals surface area contributed by atoms with Crippen molar-refractivity contribution in [2.45, 2.75) is 82.5 Å². The molecule has 2 aromatic carbocycles. The first-order valence-electron chi connectivity index (χ1n) is 13.6. The van der Waals surface area contributed by atoms with Crippen LogP contribution in [0.15, 0.2) is 55.1 Å². The van der Waals surface area contributed by atoms with E-state index in [1.807, 2.05) is 0 Å². The topological polar surface area (TPSA) is 0 Å². The van der Waals surface area contributed by atoms with Gasteiger partial charge in [0.25, 0.3) is 0 Å². The second-order valence-electron chi connectivity index (χ2n) is 11.1. The Morgan fingerprint density at radius 2 is 1.29 bits per heavy atom. The summed E-state index contributed by atoms with van der Waals surface area (Å²) in [6.07, 6.45) is 17.6. The van der Waals surface area contributed by atoms with Gasteiger partial charge in [-0.3, -0.25) is 0 Å². The summed E-state index contributed by atoms with van der Waals surface area (Å²) in [4.78, 5) is 0. The van der Waals surface area contributed by atoms with Crippen LogP contribution >= 0.6 is 0 Å². The molecule has 5 rings (SSSR count). The molecule has 3 heteroatoms. The van der Waals surface area contributed by atoms with Crippen molar-refractivity contribution < 1.29 is 13.2 Å². The minimum atomic E-state index is -1.38. The zero-order valence-corrected chi connectivity index (χ0v) is 20.6. The molecule has 0 nitrogen and oxygen atoms in total. The van der Waals surface area contributed by atoms with Crippen molar-refractivity contribution in [2.24, 2.45) is 17.8 Å². The first kappa shape index (κ1) is 24.4. The number of halogens is 3. The summed E-state index contributed by atoms with van der Waals surface area (Å²) in [7, 11) is 0. The molecule has 3 aliphatic carbocycles. The van der Waals surface area contributed by atoms with Gasteiger partial charge in [-0.15, -0.1) is 6.58 Å². The van der Waals surface area contributed by atoms with Gasteiger partial charge in [-0.2, -0.15) is 0 Å². The van der Waals surface area contributed by atoms with Crippen molar-refractivity contribution in [3.8, 4) is 0 Å². The highest BCUT2D eigenvalue weighted by atomic mass is 19.2. The maximum atomic E-state index is 13.6. The predicted octanol–water partition coefficient (Wildman–Crippen LogP) is 9.72. The highest BCUT2D eigenvalue weighted by Gasteiger charge is 2.30. The third kappa shape index (κ3) is 5.44. The molecule has 0 saturated heterocycles. The quantitative estimate of drug-likeness (QED) is 0.296. The van der Waals surface area contributed by atoms with Crippen LogP contribution in [0.25, 0.3) is 5.57 Å². The van der Waals surface area contributed by atoms with Crippen molar-refractivity contribution in [2.75, 3.05) is 0 Å². The molecule has 2 aromatic rings. The molecule has 186 valence electrons. The van der Waals surface area contributed by atoms with E-state index in [0.29, 0.717) is 11.5 Å². The molecule has 0 heterocycles. The average Bonchev–Trinajstić information content (AvgIpc) is 2.92. The van der Waals surface area contributed by atoms with Crippen LogP contribution in [0.4, 0.5) is 13.2 Å². The predicted molar refractivity (Wildman–Crippen MR) is 138 cm³/mol. The van der Waals surface area contributed by atoms with Crippen LogP contribution in [0.5, 0.6) is 0 Å². The van der Waals surface area contributed by atoms with E-state index in [4.69, 9.17) is 0 Å². The molecule has 0 bridgehead atoms. The third-order valence-corrected chi connectivity index (χ3v) is 9.23. The lowest BCUT2D eigenvalue weighted by Crippen LogP contribution is -2.25. The second kappa shape index (κ2) is 10.8. The number of rotatable bonds is 5. The van der Waals surface area contributed by atoms with Crippen LogP contribution in [-0.2, 0) is 0 Å². The molecule has 0 aliphatic heterocycles. The van der Waals surface area contributed by atoms with Crippen molar-refractivity contribution in [1.82, 2.24) is 0 Å². The minimum Gasteiger partial charge on any atom is -0.204 e. The highest BCUT2D eigenvalue weighted by molar-refractivity contribution is 5.67. The van der Waals surface area contributed by atoms with Gasteiger partial charge in [-0.05, 0) is 135 Å². The van der Waals surface area contributed by atoms with Gasteiger partial charge in [0.1, 0.15) is 0 Å². The molecular formula is C32H37F3. The Balaban J connectivity index is 1.15. The molecule has 0 amide bonds. The molecule has 0 N–H and O–H groups in total. The normalized spacial score (nSPS) is 29.5. The summed E-state index contributed by atoms with van der Waals surface area (Å²) < 4.78 is 40.6. The fourth-order valence-electron chi connectivity index (χ4n) is 6.96. The lowest BCUT2D eigenvalue weighted by molar-refractivity contribution is 0.171. The van der Waals surface area contributed by atoms with Crippen molar-refractivity contribution >= 4 is 5.57 Å². The number of benzene rings is 2. The molecule has 2 fully saturated rings. The Morgan fingerprint density at radius 1 is 0.686 bits per heavy atom. The third-order valence-electron chi connectivity index (χ3n) is 9.23. The standard InChI is InChI=1S/C32H37F3/c1-2-21-3-5-22(6-4-21)23-7-9-24(10-8-23)25-11-13-26(14-12-25)27-15-17-28(18-16-27)29-19-30(33)32(35)31(34)20-29/h2,11-15,19-24,28H,1,3-10,16-18H2. The van der Waals surface area contributed by atoms with Crippen LogP contribution in [0.2, 0.25) is 0 Å². The van der Waals surface area contributed by atoms with E-state index < -0.39 is 17.5 Å². The van der Waals surface area contributed by atoms with Crippen LogP contribution < -0.4 is 0 Å². The summed E-state index contributed by atoms with van der Waals surface area (Å²) in [6.45, 7) is 3.99. The first-order valence-corrected chi connectivity index (χ1v) is 13.6. The zero-order valence-electron chi connectivity index (χ0n) is 20.6. The maximum Gasteiger partial charge on any atom is 0.194 e. The van der Waals surface area contributed by atoms with Gasteiger partial charge < -0.3 is 0 Å². The van der Waals surface area contributed by atoms with Crippen molar-refractivity contribution in [1.29, 1.82) is 0 Å². The zero-order chi connectivity index (χ0) is 24.4. The van der Waals surface area contributed by atoms with Gasteiger partial charge in [-0.1, -0.05) is 36.4 Å². The van der Waals surface area contributed by atoms with Gasteiger partial charge in [0.05, 0.1) is 0 Å². The van der Waals surface area contributed by atoms with E-state index in [9.17, 15) is 13.2 Å². The maximum absolute atomic E-state index is 13.6. The first-order chi connectivity index (χ1) is 17.0. The fraction of sp³-hybridized carbons (Fsp3) is 0.500. The molecule has 3 aliphatic rings. The summed E-state index contributed by atoms with van der Waals surface area (Å²) in [6, 6.07) is 11.4. The summed E-state index contributed by atoms with van der Waals surface area (Å²) in [5.41, 5.74) is 4.57. The number of allylic oxidation sites excluding steroid dienone is 3. The van der Waals surface area contributed by atoms with Gasteiger partial charge in [0, 0.05) is 0 Å². The Labute approximate surface area is 208 Å². The lowest BCUT2D eigenvalue weighted by atomic mass is 9.68. The smallest absolute Gasteiger partial charge is 0.194 e. The van der Waals surface area contributed by atoms with Gasteiger partial charge in [-0.25, -0.2) is 13.2 Å². The fourth-order valence-corrected chi connectivity index (χ4v) is 6.96. The Bertz CT molecular complexity index is 1030. The van der Waals surface area contributed by atoms with E-state index >= 15 is 0 Å². The second-order valence-corrected chi connectivity index (χ2v) is 11.1. The molecular weight excluding hydrogens is 441 g/mol. The van der Waals surface area contributed by atoms with Crippen LogP contribution in [0.1, 0.15) is 99.2 Å². The Hall–Kier alpha value is -2.29. The molecule has 1 atom stereocenters. The molecule has 2 saturated carbocycles. The minimum absolute atomic E-state index is 0.0321. The van der Waals surface area contributed by atoms with Gasteiger partial charge in [0.2, 0.25) is 0 Å². The number of hydrogen-bond acceptors (Lipinski definition) is 0. The van der Waals surface area contributed by atoms with Gasteiger partial charge >= 0.3 is 0 Å². The van der Waals surface area contributed by atoms with E-state index in [1.165, 1.54) is 68.1 Å². The number of hydrogen-bond donors (Lipinski definition) is 0. The highest BCUT2D eigenvalue weighted by Crippen LogP contribution is 2.44. The largest absolute Gasteiger partial charge is 0.204 e. The summed E-state index contributed by atoms with van der Waals surface area (Å²) >= 11 is 0. The monoisotopic (exact) mass is 478 g/mol. The molecule has 1 unspecified atom stereocenters. The van der Waals surface area contributed by atoms with Crippen LogP contribution in [-0.4, -0.2) is 0 Å². The van der Waals surface area contributed by atoms with Crippen molar-refractivity contribution in [3.05, 3.63) is 89.3 Å². The lowest BCUT2D eigenvalue weighted by Gasteiger charge is -2.37.